The highest BCUT2D eigenvalue weighted by Crippen LogP contribution is 2.24. The Bertz CT molecular complexity index is 1500. The van der Waals surface area contributed by atoms with Crippen molar-refractivity contribution in [2.24, 2.45) is 0 Å². The minimum Gasteiger partial charge on any atom is -0.478 e. The van der Waals surface area contributed by atoms with Gasteiger partial charge in [0.1, 0.15) is 10.3 Å². The number of pyridine rings is 4. The van der Waals surface area contributed by atoms with Crippen LogP contribution in [-0.2, 0) is 0 Å². The number of ether oxygens (including phenoxy) is 1. The molecule has 0 fully saturated rings. The van der Waals surface area contributed by atoms with Gasteiger partial charge >= 0.3 is 11.9 Å². The number of hydrogen-bond acceptors (Lipinski definition) is 7. The first-order valence-corrected chi connectivity index (χ1v) is 11.8. The zero-order valence-electron chi connectivity index (χ0n) is 20.4. The van der Waals surface area contributed by atoms with Crippen LogP contribution in [0.1, 0.15) is 40.2 Å². The molecule has 198 valence electrons. The molecule has 0 bridgehead atoms. The van der Waals surface area contributed by atoms with E-state index >= 15 is 0 Å². The number of halogens is 3. The number of carboxylic acid groups (broad SMARTS) is 2. The Morgan fingerprint density at radius 1 is 0.789 bits per heavy atom. The van der Waals surface area contributed by atoms with Crippen LogP contribution in [0.3, 0.4) is 0 Å². The fourth-order valence-electron chi connectivity index (χ4n) is 3.22. The maximum absolute atomic E-state index is 13.2. The number of carbonyl (C=O) groups is 2. The molecule has 0 spiro atoms. The minimum atomic E-state index is -1.16. The first kappa shape index (κ1) is 28.4. The fourth-order valence-corrected chi connectivity index (χ4v) is 3.69. The average Bonchev–Trinajstić information content (AvgIpc) is 2.83. The molecule has 4 aromatic heterocycles. The van der Waals surface area contributed by atoms with Crippen molar-refractivity contribution in [3.8, 4) is 28.7 Å². The largest absolute Gasteiger partial charge is 0.478 e. The Morgan fingerprint density at radius 2 is 1.26 bits per heavy atom. The molecule has 0 amide bonds. The van der Waals surface area contributed by atoms with Crippen LogP contribution in [0.2, 0.25) is 10.3 Å². The lowest BCUT2D eigenvalue weighted by atomic mass is 10.1. The van der Waals surface area contributed by atoms with Gasteiger partial charge in [0.25, 0.3) is 0 Å². The second kappa shape index (κ2) is 12.4. The van der Waals surface area contributed by atoms with Gasteiger partial charge in [-0.3, -0.25) is 0 Å². The van der Waals surface area contributed by atoms with E-state index in [0.717, 1.165) is 5.56 Å². The van der Waals surface area contributed by atoms with Crippen LogP contribution in [0.25, 0.3) is 22.8 Å². The van der Waals surface area contributed by atoms with Gasteiger partial charge in [-0.2, -0.15) is 4.39 Å². The highest BCUT2D eigenvalue weighted by Gasteiger charge is 2.14. The summed E-state index contributed by atoms with van der Waals surface area (Å²) in [6.45, 7) is 6.03. The summed E-state index contributed by atoms with van der Waals surface area (Å²) in [5.41, 5.74) is 3.26. The highest BCUT2D eigenvalue weighted by molar-refractivity contribution is 6.32. The van der Waals surface area contributed by atoms with Crippen molar-refractivity contribution in [2.75, 3.05) is 6.61 Å². The van der Waals surface area contributed by atoms with Crippen LogP contribution in [0.5, 0.6) is 5.88 Å². The third kappa shape index (κ3) is 7.21. The van der Waals surface area contributed by atoms with Gasteiger partial charge in [0.05, 0.1) is 40.5 Å². The van der Waals surface area contributed by atoms with Gasteiger partial charge in [-0.25, -0.2) is 29.5 Å². The maximum Gasteiger partial charge on any atom is 0.338 e. The van der Waals surface area contributed by atoms with Crippen molar-refractivity contribution in [1.29, 1.82) is 0 Å². The molecule has 0 saturated carbocycles. The lowest BCUT2D eigenvalue weighted by Crippen LogP contribution is -2.01. The number of aromatic nitrogens is 4. The predicted octanol–water partition coefficient (Wildman–Crippen LogP) is 6.39. The summed E-state index contributed by atoms with van der Waals surface area (Å²) < 4.78 is 18.5. The van der Waals surface area contributed by atoms with Crippen molar-refractivity contribution in [3.05, 3.63) is 87.0 Å². The van der Waals surface area contributed by atoms with Crippen LogP contribution in [0.15, 0.2) is 48.5 Å². The first-order valence-electron chi connectivity index (χ1n) is 11.0. The van der Waals surface area contributed by atoms with E-state index in [0.29, 0.717) is 40.8 Å². The SMILES string of the molecule is CCOc1cc(C)cc(-c2ccc(C(=O)O)c(Cl)n2)n1.Cc1cc(F)nc(-c2ccc(C(=O)O)c(Cl)n2)c1.[HH]. The van der Waals surface area contributed by atoms with E-state index in [1.807, 2.05) is 26.0 Å². The second-order valence-electron chi connectivity index (χ2n) is 7.83. The second-order valence-corrected chi connectivity index (χ2v) is 8.55. The zero-order valence-corrected chi connectivity index (χ0v) is 21.9. The molecule has 4 rings (SSSR count). The highest BCUT2D eigenvalue weighted by atomic mass is 35.5. The van der Waals surface area contributed by atoms with E-state index in [9.17, 15) is 14.0 Å². The van der Waals surface area contributed by atoms with Crippen molar-refractivity contribution in [1.82, 2.24) is 19.9 Å². The summed E-state index contributed by atoms with van der Waals surface area (Å²) in [4.78, 5) is 37.7. The van der Waals surface area contributed by atoms with Gasteiger partial charge < -0.3 is 14.9 Å². The predicted molar refractivity (Wildman–Crippen MR) is 142 cm³/mol. The molecule has 0 aromatic carbocycles. The Kier molecular flexibility index (Phi) is 9.27. The molecule has 0 radical (unpaired) electrons. The van der Waals surface area contributed by atoms with E-state index < -0.39 is 17.9 Å². The van der Waals surface area contributed by atoms with Crippen LogP contribution >= 0.6 is 23.2 Å². The molecule has 4 aromatic rings. The summed E-state index contributed by atoms with van der Waals surface area (Å²) in [6.07, 6.45) is 0. The monoisotopic (exact) mass is 560 g/mol. The Hall–Kier alpha value is -4.15. The standard InChI is InChI=1S/C14H13ClN2O3.C12H8ClFN2O2.H2/c1-3-20-12-7-8(2)6-11(16-12)10-5-4-9(14(18)19)13(15)17-10;1-6-4-9(15-10(14)5-6)8-3-2-7(12(17)18)11(13)16-8;/h4-7H,3H2,1-2H3,(H,18,19);2-5H,1H3,(H,17,18);1H. The lowest BCUT2D eigenvalue weighted by Gasteiger charge is -2.07. The molecule has 0 aliphatic heterocycles. The van der Waals surface area contributed by atoms with Gasteiger partial charge in [0.15, 0.2) is 0 Å². The molecule has 0 aliphatic carbocycles. The molecule has 2 N–H and O–H groups in total. The van der Waals surface area contributed by atoms with E-state index in [2.05, 4.69) is 19.9 Å². The first-order chi connectivity index (χ1) is 18.0. The number of aromatic carboxylic acids is 2. The van der Waals surface area contributed by atoms with Crippen LogP contribution < -0.4 is 4.74 Å². The molecule has 0 atom stereocenters. The Labute approximate surface area is 228 Å². The number of carboxylic acids is 2. The van der Waals surface area contributed by atoms with E-state index in [4.69, 9.17) is 38.2 Å². The van der Waals surface area contributed by atoms with Crippen molar-refractivity contribution < 1.29 is 30.4 Å². The van der Waals surface area contributed by atoms with E-state index in [1.54, 1.807) is 19.1 Å². The van der Waals surface area contributed by atoms with Gasteiger partial charge in [-0.05, 0) is 74.4 Å². The quantitative estimate of drug-likeness (QED) is 0.257. The molecule has 12 heteroatoms. The third-order valence-electron chi connectivity index (χ3n) is 4.86. The molecular formula is C26H23Cl2FN4O5. The van der Waals surface area contributed by atoms with Crippen molar-refractivity contribution in [3.63, 3.8) is 0 Å². The molecule has 0 aliphatic rings. The summed E-state index contributed by atoms with van der Waals surface area (Å²) in [5.74, 6) is -2.39. The molecule has 4 heterocycles. The van der Waals surface area contributed by atoms with Crippen LogP contribution in [0.4, 0.5) is 4.39 Å². The summed E-state index contributed by atoms with van der Waals surface area (Å²) in [5, 5.41) is 17.5. The van der Waals surface area contributed by atoms with Crippen LogP contribution in [-0.4, -0.2) is 48.7 Å². The number of aryl methyl sites for hydroxylation is 2. The number of nitrogens with zero attached hydrogens (tertiary/aromatic N) is 4. The topological polar surface area (TPSA) is 135 Å². The molecule has 9 nitrogen and oxygen atoms in total. The minimum absolute atomic E-state index is 0. The van der Waals surface area contributed by atoms with Crippen molar-refractivity contribution in [2.45, 2.75) is 20.8 Å². The van der Waals surface area contributed by atoms with Gasteiger partial charge in [0, 0.05) is 7.49 Å². The van der Waals surface area contributed by atoms with Crippen molar-refractivity contribution >= 4 is 35.1 Å². The number of rotatable bonds is 6. The molecule has 0 saturated heterocycles. The lowest BCUT2D eigenvalue weighted by molar-refractivity contribution is 0.0685. The van der Waals surface area contributed by atoms with E-state index in [-0.39, 0.29) is 22.9 Å². The Morgan fingerprint density at radius 3 is 1.68 bits per heavy atom. The normalized spacial score (nSPS) is 10.4. The van der Waals surface area contributed by atoms with E-state index in [1.165, 1.54) is 24.3 Å². The molecular weight excluding hydrogens is 538 g/mol. The fraction of sp³-hybridized carbons (Fsp3) is 0.154. The zero-order chi connectivity index (χ0) is 28.0. The smallest absolute Gasteiger partial charge is 0.338 e. The average molecular weight is 561 g/mol. The maximum atomic E-state index is 13.2. The number of hydrogen-bond donors (Lipinski definition) is 2. The summed E-state index contributed by atoms with van der Waals surface area (Å²) >= 11 is 11.6. The van der Waals surface area contributed by atoms with Gasteiger partial charge in [-0.15, -0.1) is 0 Å². The third-order valence-corrected chi connectivity index (χ3v) is 5.44. The summed E-state index contributed by atoms with van der Waals surface area (Å²) in [6, 6.07) is 12.3. The van der Waals surface area contributed by atoms with Crippen LogP contribution in [0, 0.1) is 19.8 Å². The molecule has 38 heavy (non-hydrogen) atoms. The Balaban J connectivity index is 0.000000268. The van der Waals surface area contributed by atoms with Gasteiger partial charge in [0.2, 0.25) is 11.8 Å². The van der Waals surface area contributed by atoms with Gasteiger partial charge in [-0.1, -0.05) is 23.2 Å². The summed E-state index contributed by atoms with van der Waals surface area (Å²) in [7, 11) is 0. The molecule has 0 unspecified atom stereocenters.